The van der Waals surface area contributed by atoms with Crippen LogP contribution >= 0.6 is 0 Å². The third-order valence-corrected chi connectivity index (χ3v) is 3.38. The van der Waals surface area contributed by atoms with Crippen LogP contribution in [0.15, 0.2) is 18.3 Å². The zero-order chi connectivity index (χ0) is 12.1. The lowest BCUT2D eigenvalue weighted by Crippen LogP contribution is -2.36. The average Bonchev–Trinajstić information content (AvgIpc) is 2.53. The van der Waals surface area contributed by atoms with Crippen molar-refractivity contribution in [3.05, 3.63) is 24.3 Å². The van der Waals surface area contributed by atoms with Crippen LogP contribution in [0.5, 0.6) is 0 Å². The Kier molecular flexibility index (Phi) is 3.94. The summed E-state index contributed by atoms with van der Waals surface area (Å²) in [6, 6.07) is 3.06. The van der Waals surface area contributed by atoms with Gasteiger partial charge in [0.15, 0.2) is 0 Å². The van der Waals surface area contributed by atoms with Gasteiger partial charge in [-0.2, -0.15) is 4.39 Å². The monoisotopic (exact) mass is 238 g/mol. The maximum atomic E-state index is 12.9. The van der Waals surface area contributed by atoms with Gasteiger partial charge in [-0.05, 0) is 18.9 Å². The van der Waals surface area contributed by atoms with Gasteiger partial charge in [-0.25, -0.2) is 4.98 Å². The van der Waals surface area contributed by atoms with Crippen molar-refractivity contribution in [3.63, 3.8) is 0 Å². The predicted octanol–water partition coefficient (Wildman–Crippen LogP) is 2.72. The lowest BCUT2D eigenvalue weighted by atomic mass is 9.94. The second-order valence-corrected chi connectivity index (χ2v) is 4.86. The van der Waals surface area contributed by atoms with Crippen LogP contribution in [0.2, 0.25) is 0 Å². The quantitative estimate of drug-likeness (QED) is 0.628. The van der Waals surface area contributed by atoms with Crippen molar-refractivity contribution in [1.29, 1.82) is 0 Å². The summed E-state index contributed by atoms with van der Waals surface area (Å²) in [4.78, 5) is 3.50. The zero-order valence-corrected chi connectivity index (χ0v) is 9.95. The molecule has 0 unspecified atom stereocenters. The van der Waals surface area contributed by atoms with E-state index in [-0.39, 0.29) is 0 Å². The van der Waals surface area contributed by atoms with Gasteiger partial charge in [-0.3, -0.25) is 0 Å². The summed E-state index contributed by atoms with van der Waals surface area (Å²) in [5.41, 5.74) is 0.0335. The minimum atomic E-state index is -0.643. The Morgan fingerprint density at radius 2 is 2.00 bits per heavy atom. The Bertz CT molecular complexity index is 362. The molecule has 1 heterocycles. The second-order valence-electron chi connectivity index (χ2n) is 4.86. The number of hydrogen-bond donors (Lipinski definition) is 2. The largest absolute Gasteiger partial charge is 0.388 e. The summed E-state index contributed by atoms with van der Waals surface area (Å²) in [6.45, 7) is 0.483. The molecule has 1 aliphatic rings. The highest BCUT2D eigenvalue weighted by Crippen LogP contribution is 2.27. The molecule has 17 heavy (non-hydrogen) atoms. The van der Waals surface area contributed by atoms with E-state index in [1.165, 1.54) is 25.1 Å². The van der Waals surface area contributed by atoms with Crippen LogP contribution in [0.4, 0.5) is 10.1 Å². The van der Waals surface area contributed by atoms with Gasteiger partial charge in [0, 0.05) is 24.5 Å². The van der Waals surface area contributed by atoms with E-state index in [0.717, 1.165) is 25.7 Å². The molecule has 1 aromatic rings. The fraction of sp³-hybridized carbons (Fsp3) is 0.615. The van der Waals surface area contributed by atoms with Crippen molar-refractivity contribution in [1.82, 2.24) is 4.98 Å². The molecule has 0 atom stereocenters. The maximum absolute atomic E-state index is 12.9. The van der Waals surface area contributed by atoms with Crippen molar-refractivity contribution in [2.75, 3.05) is 11.9 Å². The molecule has 4 heteroatoms. The number of nitrogens with zero attached hydrogens (tertiary/aromatic N) is 1. The van der Waals surface area contributed by atoms with Gasteiger partial charge in [0.05, 0.1) is 5.60 Å². The maximum Gasteiger partial charge on any atom is 0.214 e. The first kappa shape index (κ1) is 12.3. The number of rotatable bonds is 3. The first-order chi connectivity index (χ1) is 8.18. The normalized spacial score (nSPS) is 19.6. The fourth-order valence-electron chi connectivity index (χ4n) is 2.34. The molecule has 0 aliphatic heterocycles. The van der Waals surface area contributed by atoms with Crippen LogP contribution in [0, 0.1) is 5.95 Å². The van der Waals surface area contributed by atoms with E-state index in [1.54, 1.807) is 6.07 Å². The minimum Gasteiger partial charge on any atom is -0.388 e. The molecule has 2 rings (SSSR count). The molecule has 0 saturated heterocycles. The fourth-order valence-corrected chi connectivity index (χ4v) is 2.34. The van der Waals surface area contributed by atoms with Gasteiger partial charge in [0.25, 0.3) is 0 Å². The van der Waals surface area contributed by atoms with Crippen LogP contribution in [0.25, 0.3) is 0 Å². The highest BCUT2D eigenvalue weighted by atomic mass is 19.1. The van der Waals surface area contributed by atoms with Gasteiger partial charge in [0.1, 0.15) is 0 Å². The second kappa shape index (κ2) is 5.45. The number of nitrogens with one attached hydrogen (secondary N) is 1. The minimum absolute atomic E-state index is 0.483. The standard InChI is InChI=1S/C13H19FN2O/c14-12-9-11(5-8-15-12)16-10-13(17)6-3-1-2-4-7-13/h5,8-9,17H,1-4,6-7,10H2,(H,15,16). The number of halogens is 1. The van der Waals surface area contributed by atoms with E-state index in [0.29, 0.717) is 12.2 Å². The van der Waals surface area contributed by atoms with E-state index in [9.17, 15) is 9.50 Å². The van der Waals surface area contributed by atoms with E-state index >= 15 is 0 Å². The molecular weight excluding hydrogens is 219 g/mol. The number of hydrogen-bond acceptors (Lipinski definition) is 3. The van der Waals surface area contributed by atoms with Gasteiger partial charge in [-0.15, -0.1) is 0 Å². The summed E-state index contributed by atoms with van der Waals surface area (Å²) < 4.78 is 12.9. The lowest BCUT2D eigenvalue weighted by Gasteiger charge is -2.27. The van der Waals surface area contributed by atoms with Crippen molar-refractivity contribution in [2.45, 2.75) is 44.1 Å². The Morgan fingerprint density at radius 1 is 1.29 bits per heavy atom. The Balaban J connectivity index is 1.92. The van der Waals surface area contributed by atoms with Crippen molar-refractivity contribution < 1.29 is 9.50 Å². The van der Waals surface area contributed by atoms with Crippen LogP contribution < -0.4 is 5.32 Å². The van der Waals surface area contributed by atoms with Crippen molar-refractivity contribution >= 4 is 5.69 Å². The third-order valence-electron chi connectivity index (χ3n) is 3.38. The van der Waals surface area contributed by atoms with Gasteiger partial charge in [0.2, 0.25) is 5.95 Å². The molecule has 0 amide bonds. The van der Waals surface area contributed by atoms with Crippen molar-refractivity contribution in [2.24, 2.45) is 0 Å². The Hall–Kier alpha value is -1.16. The molecule has 1 saturated carbocycles. The first-order valence-electron chi connectivity index (χ1n) is 6.26. The molecule has 0 bridgehead atoms. The van der Waals surface area contributed by atoms with E-state index in [2.05, 4.69) is 10.3 Å². The smallest absolute Gasteiger partial charge is 0.214 e. The van der Waals surface area contributed by atoms with Crippen LogP contribution in [0.3, 0.4) is 0 Å². The summed E-state index contributed by atoms with van der Waals surface area (Å²) in [5, 5.41) is 13.5. The Morgan fingerprint density at radius 3 is 2.65 bits per heavy atom. The number of anilines is 1. The Labute approximate surface area is 101 Å². The lowest BCUT2D eigenvalue weighted by molar-refractivity contribution is 0.0381. The van der Waals surface area contributed by atoms with Crippen molar-refractivity contribution in [3.8, 4) is 0 Å². The highest BCUT2D eigenvalue weighted by Gasteiger charge is 2.27. The van der Waals surface area contributed by atoms with Crippen LogP contribution in [0.1, 0.15) is 38.5 Å². The molecule has 1 aliphatic carbocycles. The molecule has 1 aromatic heterocycles. The molecular formula is C13H19FN2O. The molecule has 1 fully saturated rings. The SMILES string of the molecule is OC1(CNc2ccnc(F)c2)CCCCCC1. The number of pyridine rings is 1. The average molecular weight is 238 g/mol. The number of aromatic nitrogens is 1. The highest BCUT2D eigenvalue weighted by molar-refractivity contribution is 5.41. The summed E-state index contributed by atoms with van der Waals surface area (Å²) in [6.07, 6.45) is 7.63. The molecule has 0 aromatic carbocycles. The first-order valence-corrected chi connectivity index (χ1v) is 6.26. The van der Waals surface area contributed by atoms with Crippen LogP contribution in [-0.2, 0) is 0 Å². The van der Waals surface area contributed by atoms with Gasteiger partial charge >= 0.3 is 0 Å². The van der Waals surface area contributed by atoms with Gasteiger partial charge in [-0.1, -0.05) is 25.7 Å². The molecule has 2 N–H and O–H groups in total. The molecule has 94 valence electrons. The van der Waals surface area contributed by atoms with Crippen LogP contribution in [-0.4, -0.2) is 22.2 Å². The topological polar surface area (TPSA) is 45.1 Å². The molecule has 0 spiro atoms. The molecule has 3 nitrogen and oxygen atoms in total. The zero-order valence-electron chi connectivity index (χ0n) is 9.95. The van der Waals surface area contributed by atoms with E-state index in [4.69, 9.17) is 0 Å². The van der Waals surface area contributed by atoms with E-state index < -0.39 is 11.5 Å². The van der Waals surface area contributed by atoms with E-state index in [1.807, 2.05) is 0 Å². The molecule has 0 radical (unpaired) electrons. The van der Waals surface area contributed by atoms with Gasteiger partial charge < -0.3 is 10.4 Å². The predicted molar refractivity (Wildman–Crippen MR) is 65.3 cm³/mol. The summed E-state index contributed by atoms with van der Waals surface area (Å²) in [5.74, 6) is -0.497. The summed E-state index contributed by atoms with van der Waals surface area (Å²) in [7, 11) is 0. The third kappa shape index (κ3) is 3.66. The summed E-state index contributed by atoms with van der Waals surface area (Å²) >= 11 is 0. The number of aliphatic hydroxyl groups is 1.